The lowest BCUT2D eigenvalue weighted by molar-refractivity contribution is 0.279. The number of aliphatic hydroxyl groups is 1. The molecule has 0 bridgehead atoms. The van der Waals surface area contributed by atoms with Crippen molar-refractivity contribution >= 4 is 21.4 Å². The number of hydrogen-bond acceptors (Lipinski definition) is 4. The van der Waals surface area contributed by atoms with E-state index in [9.17, 15) is 8.42 Å². The van der Waals surface area contributed by atoms with Crippen molar-refractivity contribution in [3.05, 3.63) is 17.0 Å². The molecule has 0 aliphatic rings. The molecule has 68 valence electrons. The van der Waals surface area contributed by atoms with Crippen molar-refractivity contribution in [2.24, 2.45) is 0 Å². The summed E-state index contributed by atoms with van der Waals surface area (Å²) < 4.78 is 24.8. The minimum absolute atomic E-state index is 0.188. The van der Waals surface area contributed by atoms with Crippen LogP contribution in [0.25, 0.3) is 0 Å². The van der Waals surface area contributed by atoms with E-state index in [2.05, 4.69) is 4.72 Å². The van der Waals surface area contributed by atoms with Gasteiger partial charge in [0, 0.05) is 5.56 Å². The number of hydrogen-bond donors (Lipinski definition) is 2. The maximum Gasteiger partial charge on any atom is 0.250 e. The molecule has 0 amide bonds. The van der Waals surface area contributed by atoms with Gasteiger partial charge in [0.25, 0.3) is 0 Å². The molecule has 1 aromatic heterocycles. The molecule has 1 rings (SSSR count). The summed E-state index contributed by atoms with van der Waals surface area (Å²) in [5.74, 6) is 0. The van der Waals surface area contributed by atoms with Crippen molar-refractivity contribution < 1.29 is 13.5 Å². The van der Waals surface area contributed by atoms with Gasteiger partial charge in [0.1, 0.15) is 4.21 Å². The normalized spacial score (nSPS) is 11.8. The molecule has 0 saturated carbocycles. The molecule has 6 heteroatoms. The average molecular weight is 207 g/mol. The van der Waals surface area contributed by atoms with Gasteiger partial charge in [-0.1, -0.05) is 0 Å². The number of aliphatic hydroxyl groups excluding tert-OH is 1. The van der Waals surface area contributed by atoms with Crippen LogP contribution in [0.15, 0.2) is 15.7 Å². The van der Waals surface area contributed by atoms with Crippen LogP contribution in [0.2, 0.25) is 0 Å². The summed E-state index contributed by atoms with van der Waals surface area (Å²) in [6.07, 6.45) is 0. The lowest BCUT2D eigenvalue weighted by atomic mass is 10.4. The largest absolute Gasteiger partial charge is 0.392 e. The van der Waals surface area contributed by atoms with Gasteiger partial charge in [0.2, 0.25) is 10.0 Å². The van der Waals surface area contributed by atoms with Crippen LogP contribution in [0, 0.1) is 0 Å². The Bertz CT molecular complexity index is 355. The summed E-state index contributed by atoms with van der Waals surface area (Å²) in [5, 5.41) is 10.4. The van der Waals surface area contributed by atoms with Gasteiger partial charge in [-0.3, -0.25) is 0 Å². The topological polar surface area (TPSA) is 66.4 Å². The fourth-order valence-corrected chi connectivity index (χ4v) is 2.99. The molecule has 1 aromatic rings. The fourth-order valence-electron chi connectivity index (χ4n) is 0.768. The van der Waals surface area contributed by atoms with Gasteiger partial charge in [-0.25, -0.2) is 13.1 Å². The van der Waals surface area contributed by atoms with Gasteiger partial charge in [-0.15, -0.1) is 11.3 Å². The highest BCUT2D eigenvalue weighted by Gasteiger charge is 2.16. The first-order valence-electron chi connectivity index (χ1n) is 3.22. The van der Waals surface area contributed by atoms with Crippen molar-refractivity contribution in [3.63, 3.8) is 0 Å². The molecule has 0 fully saturated rings. The Morgan fingerprint density at radius 3 is 2.83 bits per heavy atom. The van der Waals surface area contributed by atoms with E-state index in [1.54, 1.807) is 11.4 Å². The Morgan fingerprint density at radius 1 is 1.67 bits per heavy atom. The van der Waals surface area contributed by atoms with Crippen LogP contribution in [-0.4, -0.2) is 20.6 Å². The predicted molar refractivity (Wildman–Crippen MR) is 46.5 cm³/mol. The summed E-state index contributed by atoms with van der Waals surface area (Å²) in [7, 11) is -2.05. The van der Waals surface area contributed by atoms with Crippen molar-refractivity contribution in [2.45, 2.75) is 10.8 Å². The Balaban J connectivity index is 3.19. The SMILES string of the molecule is CNS(=O)(=O)c1sccc1CO. The zero-order valence-electron chi connectivity index (χ0n) is 6.44. The second-order valence-corrected chi connectivity index (χ2v) is 5.10. The third-order valence-electron chi connectivity index (χ3n) is 1.39. The van der Waals surface area contributed by atoms with Crippen LogP contribution in [0.1, 0.15) is 5.56 Å². The highest BCUT2D eigenvalue weighted by molar-refractivity contribution is 7.91. The van der Waals surface area contributed by atoms with Gasteiger partial charge >= 0.3 is 0 Å². The maximum atomic E-state index is 11.2. The number of nitrogens with one attached hydrogen (secondary N) is 1. The summed E-state index contributed by atoms with van der Waals surface area (Å²) in [6, 6.07) is 1.59. The number of thiophene rings is 1. The third-order valence-corrected chi connectivity index (χ3v) is 4.37. The highest BCUT2D eigenvalue weighted by Crippen LogP contribution is 2.21. The van der Waals surface area contributed by atoms with Crippen molar-refractivity contribution in [1.29, 1.82) is 0 Å². The fraction of sp³-hybridized carbons (Fsp3) is 0.333. The molecule has 0 atom stereocenters. The lowest BCUT2D eigenvalue weighted by Gasteiger charge is -2.00. The zero-order chi connectivity index (χ0) is 9.19. The smallest absolute Gasteiger partial charge is 0.250 e. The summed E-state index contributed by atoms with van der Waals surface area (Å²) in [4.78, 5) is 0. The first-order valence-corrected chi connectivity index (χ1v) is 5.59. The minimum Gasteiger partial charge on any atom is -0.392 e. The van der Waals surface area contributed by atoms with Gasteiger partial charge in [-0.2, -0.15) is 0 Å². The molecule has 0 saturated heterocycles. The van der Waals surface area contributed by atoms with Crippen molar-refractivity contribution in [2.75, 3.05) is 7.05 Å². The van der Waals surface area contributed by atoms with E-state index in [-0.39, 0.29) is 10.8 Å². The molecule has 4 nitrogen and oxygen atoms in total. The molecular weight excluding hydrogens is 198 g/mol. The quantitative estimate of drug-likeness (QED) is 0.741. The summed E-state index contributed by atoms with van der Waals surface area (Å²) >= 11 is 1.10. The molecule has 1 heterocycles. The molecule has 0 unspecified atom stereocenters. The van der Waals surface area contributed by atoms with E-state index in [0.29, 0.717) is 5.56 Å². The van der Waals surface area contributed by atoms with Gasteiger partial charge < -0.3 is 5.11 Å². The second-order valence-electron chi connectivity index (χ2n) is 2.10. The van der Waals surface area contributed by atoms with E-state index in [1.165, 1.54) is 7.05 Å². The Labute approximate surface area is 74.9 Å². The average Bonchev–Trinajstić information content (AvgIpc) is 2.52. The van der Waals surface area contributed by atoms with E-state index >= 15 is 0 Å². The zero-order valence-corrected chi connectivity index (χ0v) is 8.08. The van der Waals surface area contributed by atoms with Crippen LogP contribution >= 0.6 is 11.3 Å². The second kappa shape index (κ2) is 3.53. The van der Waals surface area contributed by atoms with Crippen LogP contribution in [0.5, 0.6) is 0 Å². The molecule has 0 aliphatic heterocycles. The van der Waals surface area contributed by atoms with Gasteiger partial charge in [0.15, 0.2) is 0 Å². The maximum absolute atomic E-state index is 11.2. The minimum atomic E-state index is -3.39. The Morgan fingerprint density at radius 2 is 2.33 bits per heavy atom. The monoisotopic (exact) mass is 207 g/mol. The van der Waals surface area contributed by atoms with Gasteiger partial charge in [-0.05, 0) is 18.5 Å². The van der Waals surface area contributed by atoms with E-state index in [0.717, 1.165) is 11.3 Å². The standard InChI is InChI=1S/C6H9NO3S2/c1-7-12(9,10)6-5(4-8)2-3-11-6/h2-3,7-8H,4H2,1H3. The Hall–Kier alpha value is -0.430. The van der Waals surface area contributed by atoms with Crippen LogP contribution in [0.4, 0.5) is 0 Å². The predicted octanol–water partition coefficient (Wildman–Crippen LogP) is 0.149. The third kappa shape index (κ3) is 1.66. The van der Waals surface area contributed by atoms with Crippen LogP contribution in [-0.2, 0) is 16.6 Å². The highest BCUT2D eigenvalue weighted by atomic mass is 32.2. The first-order chi connectivity index (χ1) is 5.61. The van der Waals surface area contributed by atoms with Crippen LogP contribution < -0.4 is 4.72 Å². The number of rotatable bonds is 3. The Kier molecular flexibility index (Phi) is 2.84. The molecule has 0 spiro atoms. The molecular formula is C6H9NO3S2. The molecule has 2 N–H and O–H groups in total. The van der Waals surface area contributed by atoms with E-state index in [1.807, 2.05) is 0 Å². The lowest BCUT2D eigenvalue weighted by Crippen LogP contribution is -2.18. The van der Waals surface area contributed by atoms with Crippen molar-refractivity contribution in [3.8, 4) is 0 Å². The number of sulfonamides is 1. The molecule has 12 heavy (non-hydrogen) atoms. The van der Waals surface area contributed by atoms with Crippen molar-refractivity contribution in [1.82, 2.24) is 4.72 Å². The molecule has 0 radical (unpaired) electrons. The van der Waals surface area contributed by atoms with E-state index < -0.39 is 10.0 Å². The first kappa shape index (κ1) is 9.66. The van der Waals surface area contributed by atoms with Gasteiger partial charge in [0.05, 0.1) is 6.61 Å². The molecule has 0 aliphatic carbocycles. The van der Waals surface area contributed by atoms with E-state index in [4.69, 9.17) is 5.11 Å². The summed E-state index contributed by atoms with van der Waals surface area (Å²) in [6.45, 7) is -0.250. The van der Waals surface area contributed by atoms with Crippen LogP contribution in [0.3, 0.4) is 0 Å². The molecule has 0 aromatic carbocycles. The summed E-state index contributed by atoms with van der Waals surface area (Å²) in [5.41, 5.74) is 0.439.